The van der Waals surface area contributed by atoms with Crippen LogP contribution >= 0.6 is 0 Å². The molecule has 0 saturated heterocycles. The molecular formula is C21H20F4N4O4. The number of anilines is 2. The maximum atomic E-state index is 13.9. The van der Waals surface area contributed by atoms with Gasteiger partial charge in [0.2, 0.25) is 0 Å². The Labute approximate surface area is 185 Å². The molecule has 0 unspecified atom stereocenters. The summed E-state index contributed by atoms with van der Waals surface area (Å²) in [4.78, 5) is 34.5. The summed E-state index contributed by atoms with van der Waals surface area (Å²) in [6, 6.07) is 6.60. The molecule has 176 valence electrons. The molecule has 0 saturated carbocycles. The lowest BCUT2D eigenvalue weighted by Crippen LogP contribution is -2.21. The molecule has 0 bridgehead atoms. The van der Waals surface area contributed by atoms with E-state index in [4.69, 9.17) is 15.5 Å². The van der Waals surface area contributed by atoms with E-state index in [0.717, 1.165) is 41.0 Å². The zero-order valence-electron chi connectivity index (χ0n) is 17.3. The maximum Gasteiger partial charge on any atom is 0.450 e. The van der Waals surface area contributed by atoms with Gasteiger partial charge in [-0.15, -0.1) is 0 Å². The Kier molecular flexibility index (Phi) is 7.19. The van der Waals surface area contributed by atoms with Crippen LogP contribution in [0.2, 0.25) is 0 Å². The summed E-state index contributed by atoms with van der Waals surface area (Å²) in [6.45, 7) is 1.91. The van der Waals surface area contributed by atoms with Crippen molar-refractivity contribution >= 4 is 34.4 Å². The van der Waals surface area contributed by atoms with Crippen LogP contribution < -0.4 is 16.4 Å². The van der Waals surface area contributed by atoms with E-state index in [0.29, 0.717) is 13.0 Å². The van der Waals surface area contributed by atoms with Crippen LogP contribution in [0.1, 0.15) is 17.7 Å². The molecule has 2 amide bonds. The van der Waals surface area contributed by atoms with Crippen molar-refractivity contribution in [3.05, 3.63) is 59.5 Å². The average Bonchev–Trinajstić information content (AvgIpc) is 3.01. The number of alkyl halides is 3. The van der Waals surface area contributed by atoms with E-state index in [2.05, 4.69) is 10.6 Å². The molecule has 8 nitrogen and oxygen atoms in total. The molecule has 0 spiro atoms. The highest BCUT2D eigenvalue weighted by Crippen LogP contribution is 2.32. The van der Waals surface area contributed by atoms with Crippen LogP contribution in [-0.2, 0) is 16.0 Å². The Morgan fingerprint density at radius 2 is 1.79 bits per heavy atom. The molecule has 0 atom stereocenters. The number of nitrogens with two attached hydrogens (primary N) is 1. The Morgan fingerprint density at radius 3 is 2.42 bits per heavy atom. The zero-order valence-corrected chi connectivity index (χ0v) is 17.3. The molecule has 0 aliphatic carbocycles. The molecule has 33 heavy (non-hydrogen) atoms. The fourth-order valence-electron chi connectivity index (χ4n) is 3.07. The van der Waals surface area contributed by atoms with Crippen molar-refractivity contribution in [1.29, 1.82) is 0 Å². The number of fused-ring (bicyclic) bond motifs is 1. The number of hydrogen-bond donors (Lipinski definition) is 3. The van der Waals surface area contributed by atoms with Gasteiger partial charge in [-0.1, -0.05) is 0 Å². The summed E-state index contributed by atoms with van der Waals surface area (Å²) in [5.74, 6) is -0.613. The number of halogens is 4. The molecule has 1 aromatic heterocycles. The smallest absolute Gasteiger partial charge is 0.330 e. The van der Waals surface area contributed by atoms with E-state index in [1.165, 1.54) is 13.0 Å². The lowest BCUT2D eigenvalue weighted by atomic mass is 10.2. The van der Waals surface area contributed by atoms with Crippen molar-refractivity contribution in [3.8, 4) is 0 Å². The molecule has 3 rings (SSSR count). The Bertz CT molecular complexity index is 1160. The fourth-order valence-corrected chi connectivity index (χ4v) is 3.07. The number of amides is 2. The first kappa shape index (κ1) is 24.0. The molecule has 12 heteroatoms. The summed E-state index contributed by atoms with van der Waals surface area (Å²) in [5.41, 5.74) is 5.14. The molecule has 3 aromatic rings. The predicted molar refractivity (Wildman–Crippen MR) is 112 cm³/mol. The highest BCUT2D eigenvalue weighted by atomic mass is 19.4. The van der Waals surface area contributed by atoms with Gasteiger partial charge in [-0.05, 0) is 62.4 Å². The Morgan fingerprint density at radius 1 is 1.09 bits per heavy atom. The van der Waals surface area contributed by atoms with Crippen LogP contribution in [0.15, 0.2) is 42.5 Å². The number of carbonyl (C=O) groups excluding carboxylic acids is 2. The number of carbonyl (C=O) groups is 2. The SMILES string of the molecule is Cc1c(NC(=O)Nc2ccc(C(F)(F)F)cc2)c2cc(F)ccc2n1C(=O)OOCCCN. The first-order chi connectivity index (χ1) is 15.6. The van der Waals surface area contributed by atoms with Gasteiger partial charge in [0.1, 0.15) is 5.82 Å². The standard InChI is InChI=1S/C21H20F4N4O4/c1-12-18(28-19(30)27-15-6-3-13(4-7-15)21(23,24)25)16-11-14(22)5-8-17(16)29(12)20(31)33-32-10-2-9-26/h3-8,11H,2,9-10,26H2,1H3,(H2,27,28,30). The summed E-state index contributed by atoms with van der Waals surface area (Å²) < 4.78 is 53.1. The van der Waals surface area contributed by atoms with Gasteiger partial charge in [-0.3, -0.25) is 4.89 Å². The molecule has 4 N–H and O–H groups in total. The first-order valence-corrected chi connectivity index (χ1v) is 9.71. The van der Waals surface area contributed by atoms with Gasteiger partial charge in [0.25, 0.3) is 0 Å². The molecule has 0 aliphatic rings. The van der Waals surface area contributed by atoms with Gasteiger partial charge in [-0.25, -0.2) is 18.5 Å². The van der Waals surface area contributed by atoms with Crippen molar-refractivity contribution in [2.45, 2.75) is 19.5 Å². The van der Waals surface area contributed by atoms with E-state index < -0.39 is 29.7 Å². The van der Waals surface area contributed by atoms with E-state index in [-0.39, 0.29) is 34.6 Å². The number of hydrogen-bond acceptors (Lipinski definition) is 5. The lowest BCUT2D eigenvalue weighted by Gasteiger charge is -2.10. The molecule has 2 aromatic carbocycles. The van der Waals surface area contributed by atoms with E-state index in [9.17, 15) is 27.2 Å². The molecule has 1 heterocycles. The minimum atomic E-state index is -4.51. The van der Waals surface area contributed by atoms with Crippen LogP contribution in [0.25, 0.3) is 10.9 Å². The fraction of sp³-hybridized carbons (Fsp3) is 0.238. The molecule has 0 aliphatic heterocycles. The third kappa shape index (κ3) is 5.59. The van der Waals surface area contributed by atoms with Crippen molar-refractivity contribution < 1.29 is 36.9 Å². The lowest BCUT2D eigenvalue weighted by molar-refractivity contribution is -0.238. The second-order valence-electron chi connectivity index (χ2n) is 6.92. The largest absolute Gasteiger partial charge is 0.450 e. The van der Waals surface area contributed by atoms with Gasteiger partial charge in [0, 0.05) is 11.1 Å². The number of benzene rings is 2. The van der Waals surface area contributed by atoms with Crippen LogP contribution in [0, 0.1) is 12.7 Å². The van der Waals surface area contributed by atoms with Crippen molar-refractivity contribution in [2.24, 2.45) is 5.73 Å². The topological polar surface area (TPSA) is 108 Å². The van der Waals surface area contributed by atoms with E-state index >= 15 is 0 Å². The Hall–Kier alpha value is -3.64. The summed E-state index contributed by atoms with van der Waals surface area (Å²) >= 11 is 0. The van der Waals surface area contributed by atoms with Gasteiger partial charge < -0.3 is 16.4 Å². The van der Waals surface area contributed by atoms with Crippen LogP contribution in [0.5, 0.6) is 0 Å². The number of nitrogens with zero attached hydrogens (tertiary/aromatic N) is 1. The van der Waals surface area contributed by atoms with Gasteiger partial charge >= 0.3 is 18.3 Å². The summed E-state index contributed by atoms with van der Waals surface area (Å²) in [6.07, 6.45) is -4.97. The highest BCUT2D eigenvalue weighted by molar-refractivity contribution is 6.09. The minimum Gasteiger partial charge on any atom is -0.330 e. The van der Waals surface area contributed by atoms with E-state index in [1.54, 1.807) is 0 Å². The number of aromatic nitrogens is 1. The van der Waals surface area contributed by atoms with Crippen LogP contribution in [0.3, 0.4) is 0 Å². The van der Waals surface area contributed by atoms with Crippen molar-refractivity contribution in [1.82, 2.24) is 4.57 Å². The first-order valence-electron chi connectivity index (χ1n) is 9.71. The minimum absolute atomic E-state index is 0.0791. The number of nitrogens with one attached hydrogen (secondary N) is 2. The predicted octanol–water partition coefficient (Wildman–Crippen LogP) is 5.02. The normalized spacial score (nSPS) is 11.5. The number of rotatable bonds is 6. The molecule has 0 radical (unpaired) electrons. The van der Waals surface area contributed by atoms with Gasteiger partial charge in [0.15, 0.2) is 0 Å². The highest BCUT2D eigenvalue weighted by Gasteiger charge is 2.30. The van der Waals surface area contributed by atoms with Gasteiger partial charge in [0.05, 0.1) is 29.1 Å². The second-order valence-corrected chi connectivity index (χ2v) is 6.92. The second kappa shape index (κ2) is 9.88. The maximum absolute atomic E-state index is 13.9. The van der Waals surface area contributed by atoms with E-state index in [1.807, 2.05) is 0 Å². The van der Waals surface area contributed by atoms with Crippen molar-refractivity contribution in [2.75, 3.05) is 23.8 Å². The summed E-state index contributed by atoms with van der Waals surface area (Å²) in [5, 5.41) is 5.09. The Balaban J connectivity index is 1.83. The third-order valence-corrected chi connectivity index (χ3v) is 4.62. The molecule has 0 fully saturated rings. The van der Waals surface area contributed by atoms with Gasteiger partial charge in [-0.2, -0.15) is 18.1 Å². The zero-order chi connectivity index (χ0) is 24.2. The van der Waals surface area contributed by atoms with Crippen LogP contribution in [-0.4, -0.2) is 29.8 Å². The molecular weight excluding hydrogens is 448 g/mol. The quantitative estimate of drug-likeness (QED) is 0.204. The number of urea groups is 1. The van der Waals surface area contributed by atoms with Crippen LogP contribution in [0.4, 0.5) is 38.5 Å². The summed E-state index contributed by atoms with van der Waals surface area (Å²) in [7, 11) is 0. The van der Waals surface area contributed by atoms with Crippen molar-refractivity contribution in [3.63, 3.8) is 0 Å². The third-order valence-electron chi connectivity index (χ3n) is 4.62. The monoisotopic (exact) mass is 468 g/mol. The average molecular weight is 468 g/mol.